The van der Waals surface area contributed by atoms with E-state index in [1.807, 2.05) is 30.3 Å². The second kappa shape index (κ2) is 8.31. The third-order valence-corrected chi connectivity index (χ3v) is 5.14. The molecule has 0 amide bonds. The normalized spacial score (nSPS) is 14.1. The van der Waals surface area contributed by atoms with E-state index in [1.54, 1.807) is 21.3 Å². The Balaban J connectivity index is 2.01. The van der Waals surface area contributed by atoms with Gasteiger partial charge in [0.2, 0.25) is 5.75 Å². The Kier molecular flexibility index (Phi) is 5.60. The van der Waals surface area contributed by atoms with Crippen LogP contribution in [0.25, 0.3) is 22.3 Å². The van der Waals surface area contributed by atoms with E-state index in [9.17, 15) is 0 Å². The van der Waals surface area contributed by atoms with E-state index < -0.39 is 0 Å². The minimum atomic E-state index is 0.496. The molecule has 1 aromatic heterocycles. The Hall–Kier alpha value is -2.77. The highest BCUT2D eigenvalue weighted by Gasteiger charge is 2.24. The summed E-state index contributed by atoms with van der Waals surface area (Å²) in [6.07, 6.45) is 0. The number of halogens is 1. The van der Waals surface area contributed by atoms with Crippen molar-refractivity contribution in [1.82, 2.24) is 9.97 Å². The second-order valence-electron chi connectivity index (χ2n) is 6.52. The molecule has 8 heteroatoms. The highest BCUT2D eigenvalue weighted by molar-refractivity contribution is 6.30. The van der Waals surface area contributed by atoms with E-state index in [-0.39, 0.29) is 0 Å². The highest BCUT2D eigenvalue weighted by atomic mass is 35.5. The lowest BCUT2D eigenvalue weighted by Crippen LogP contribution is -2.37. The van der Waals surface area contributed by atoms with Crippen LogP contribution in [0.1, 0.15) is 0 Å². The van der Waals surface area contributed by atoms with Gasteiger partial charge in [0.1, 0.15) is 11.3 Å². The van der Waals surface area contributed by atoms with Crippen molar-refractivity contribution in [2.45, 2.75) is 0 Å². The maximum absolute atomic E-state index is 6.05. The Morgan fingerprint density at radius 2 is 1.62 bits per heavy atom. The van der Waals surface area contributed by atoms with Gasteiger partial charge in [-0.2, -0.15) is 0 Å². The number of anilines is 1. The first-order valence-electron chi connectivity index (χ1n) is 9.25. The summed E-state index contributed by atoms with van der Waals surface area (Å²) in [4.78, 5) is 11.9. The highest BCUT2D eigenvalue weighted by Crippen LogP contribution is 2.45. The standard InChI is InChI=1S/C21H22ClN3O4/c1-26-16-12-15-17(19(28-3)18(16)27-2)23-20(13-4-6-14(22)7-5-13)24-21(15)25-8-10-29-11-9-25/h4-7,12H,8-11H2,1-3H3. The van der Waals surface area contributed by atoms with Crippen LogP contribution in [-0.4, -0.2) is 57.6 Å². The van der Waals surface area contributed by atoms with Crippen LogP contribution in [0.3, 0.4) is 0 Å². The van der Waals surface area contributed by atoms with Gasteiger partial charge in [0.05, 0.1) is 39.9 Å². The van der Waals surface area contributed by atoms with Gasteiger partial charge in [0, 0.05) is 23.7 Å². The van der Waals surface area contributed by atoms with Gasteiger partial charge in [0.25, 0.3) is 0 Å². The summed E-state index contributed by atoms with van der Waals surface area (Å²) in [5.74, 6) is 2.96. The summed E-state index contributed by atoms with van der Waals surface area (Å²) in [7, 11) is 4.77. The van der Waals surface area contributed by atoms with Gasteiger partial charge in [-0.15, -0.1) is 0 Å². The van der Waals surface area contributed by atoms with Crippen LogP contribution in [0.2, 0.25) is 5.02 Å². The predicted molar refractivity (Wildman–Crippen MR) is 113 cm³/mol. The number of ether oxygens (including phenoxy) is 4. The second-order valence-corrected chi connectivity index (χ2v) is 6.96. The number of hydrogen-bond donors (Lipinski definition) is 0. The van der Waals surface area contributed by atoms with Crippen molar-refractivity contribution in [3.63, 3.8) is 0 Å². The maximum Gasteiger partial charge on any atom is 0.205 e. The lowest BCUT2D eigenvalue weighted by atomic mass is 10.1. The smallest absolute Gasteiger partial charge is 0.205 e. The predicted octanol–water partition coefficient (Wildman–Crippen LogP) is 3.81. The van der Waals surface area contributed by atoms with Crippen molar-refractivity contribution in [1.29, 1.82) is 0 Å². The van der Waals surface area contributed by atoms with Crippen molar-refractivity contribution in [3.8, 4) is 28.6 Å². The Morgan fingerprint density at radius 1 is 0.931 bits per heavy atom. The van der Waals surface area contributed by atoms with E-state index in [0.717, 1.165) is 29.9 Å². The topological polar surface area (TPSA) is 65.9 Å². The number of rotatable bonds is 5. The fourth-order valence-electron chi connectivity index (χ4n) is 3.46. The molecule has 4 rings (SSSR count). The minimum Gasteiger partial charge on any atom is -0.493 e. The number of fused-ring (bicyclic) bond motifs is 1. The molecule has 152 valence electrons. The summed E-state index contributed by atoms with van der Waals surface area (Å²) in [6.45, 7) is 2.77. The molecule has 2 aromatic carbocycles. The Bertz CT molecular complexity index is 1020. The average Bonchev–Trinajstić information content (AvgIpc) is 2.78. The van der Waals surface area contributed by atoms with Gasteiger partial charge >= 0.3 is 0 Å². The van der Waals surface area contributed by atoms with Crippen LogP contribution in [0.4, 0.5) is 5.82 Å². The van der Waals surface area contributed by atoms with Crippen molar-refractivity contribution < 1.29 is 18.9 Å². The van der Waals surface area contributed by atoms with Crippen LogP contribution in [0.15, 0.2) is 30.3 Å². The molecular weight excluding hydrogens is 394 g/mol. The number of benzene rings is 2. The lowest BCUT2D eigenvalue weighted by molar-refractivity contribution is 0.122. The van der Waals surface area contributed by atoms with Gasteiger partial charge in [0.15, 0.2) is 17.3 Å². The molecule has 0 bridgehead atoms. The van der Waals surface area contributed by atoms with E-state index in [4.69, 9.17) is 40.5 Å². The summed E-state index contributed by atoms with van der Waals surface area (Å²) in [5, 5.41) is 1.49. The molecule has 1 aliphatic heterocycles. The first-order chi connectivity index (χ1) is 14.2. The lowest BCUT2D eigenvalue weighted by Gasteiger charge is -2.29. The van der Waals surface area contributed by atoms with Gasteiger partial charge in [-0.3, -0.25) is 0 Å². The number of morpholine rings is 1. The van der Waals surface area contributed by atoms with Gasteiger partial charge < -0.3 is 23.8 Å². The van der Waals surface area contributed by atoms with Crippen molar-refractivity contribution in [2.75, 3.05) is 52.5 Å². The maximum atomic E-state index is 6.05. The molecule has 0 saturated carbocycles. The molecule has 0 unspecified atom stereocenters. The summed E-state index contributed by atoms with van der Waals surface area (Å²) in [5.41, 5.74) is 1.52. The molecule has 0 atom stereocenters. The van der Waals surface area contributed by atoms with E-state index in [0.29, 0.717) is 46.8 Å². The fourth-order valence-corrected chi connectivity index (χ4v) is 3.58. The SMILES string of the molecule is COc1cc2c(N3CCOCC3)nc(-c3ccc(Cl)cc3)nc2c(OC)c1OC. The Morgan fingerprint density at radius 3 is 2.24 bits per heavy atom. The largest absolute Gasteiger partial charge is 0.493 e. The number of hydrogen-bond acceptors (Lipinski definition) is 7. The summed E-state index contributed by atoms with van der Waals surface area (Å²) >= 11 is 6.05. The first-order valence-corrected chi connectivity index (χ1v) is 9.63. The zero-order valence-corrected chi connectivity index (χ0v) is 17.3. The van der Waals surface area contributed by atoms with Crippen LogP contribution in [0, 0.1) is 0 Å². The van der Waals surface area contributed by atoms with Crippen LogP contribution in [0.5, 0.6) is 17.2 Å². The van der Waals surface area contributed by atoms with Gasteiger partial charge in [-0.25, -0.2) is 9.97 Å². The van der Waals surface area contributed by atoms with Crippen LogP contribution < -0.4 is 19.1 Å². The number of methoxy groups -OCH3 is 3. The molecule has 0 spiro atoms. The molecule has 29 heavy (non-hydrogen) atoms. The molecule has 3 aromatic rings. The monoisotopic (exact) mass is 415 g/mol. The number of nitrogens with zero attached hydrogens (tertiary/aromatic N) is 3. The minimum absolute atomic E-state index is 0.496. The summed E-state index contributed by atoms with van der Waals surface area (Å²) in [6, 6.07) is 9.35. The van der Waals surface area contributed by atoms with E-state index in [2.05, 4.69) is 4.90 Å². The first kappa shape index (κ1) is 19.5. The van der Waals surface area contributed by atoms with Gasteiger partial charge in [-0.1, -0.05) is 11.6 Å². The molecular formula is C21H22ClN3O4. The third kappa shape index (κ3) is 3.63. The van der Waals surface area contributed by atoms with Crippen molar-refractivity contribution >= 4 is 28.3 Å². The molecule has 0 N–H and O–H groups in total. The molecule has 0 aliphatic carbocycles. The molecule has 1 saturated heterocycles. The zero-order valence-electron chi connectivity index (χ0n) is 16.6. The quantitative estimate of drug-likeness (QED) is 0.627. The zero-order chi connectivity index (χ0) is 20.4. The molecule has 7 nitrogen and oxygen atoms in total. The molecule has 2 heterocycles. The molecule has 1 aliphatic rings. The summed E-state index contributed by atoms with van der Waals surface area (Å²) < 4.78 is 22.3. The number of aromatic nitrogens is 2. The van der Waals surface area contributed by atoms with E-state index >= 15 is 0 Å². The van der Waals surface area contributed by atoms with Gasteiger partial charge in [-0.05, 0) is 30.3 Å². The fraction of sp³-hybridized carbons (Fsp3) is 0.333. The Labute approximate surface area is 174 Å². The molecule has 0 radical (unpaired) electrons. The third-order valence-electron chi connectivity index (χ3n) is 4.89. The van der Waals surface area contributed by atoms with Crippen LogP contribution >= 0.6 is 11.6 Å². The molecule has 1 fully saturated rings. The van der Waals surface area contributed by atoms with Crippen molar-refractivity contribution in [3.05, 3.63) is 35.4 Å². The van der Waals surface area contributed by atoms with E-state index in [1.165, 1.54) is 0 Å². The van der Waals surface area contributed by atoms with Crippen molar-refractivity contribution in [2.24, 2.45) is 0 Å². The average molecular weight is 416 g/mol. The van der Waals surface area contributed by atoms with Crippen LogP contribution in [-0.2, 0) is 4.74 Å².